The van der Waals surface area contributed by atoms with Crippen LogP contribution in [0.1, 0.15) is 35.7 Å². The molecule has 4 nitrogen and oxygen atoms in total. The number of amides is 2. The lowest BCUT2D eigenvalue weighted by Crippen LogP contribution is -2.42. The van der Waals surface area contributed by atoms with Gasteiger partial charge in [0.1, 0.15) is 5.70 Å². The first-order chi connectivity index (χ1) is 13.4. The van der Waals surface area contributed by atoms with E-state index in [-0.39, 0.29) is 22.2 Å². The van der Waals surface area contributed by atoms with Crippen molar-refractivity contribution in [3.63, 3.8) is 0 Å². The fourth-order valence-electron chi connectivity index (χ4n) is 3.11. The molecule has 1 fully saturated rings. The van der Waals surface area contributed by atoms with E-state index in [1.54, 1.807) is 23.1 Å². The van der Waals surface area contributed by atoms with Gasteiger partial charge in [-0.3, -0.25) is 9.59 Å². The molecular weight excluding hydrogens is 395 g/mol. The highest BCUT2D eigenvalue weighted by atomic mass is 35.5. The molecule has 6 heteroatoms. The molecule has 2 amide bonds. The van der Waals surface area contributed by atoms with E-state index in [1.165, 1.54) is 6.07 Å². The van der Waals surface area contributed by atoms with Gasteiger partial charge in [0.15, 0.2) is 0 Å². The lowest BCUT2D eigenvalue weighted by molar-refractivity contribution is -0.128. The predicted octanol–water partition coefficient (Wildman–Crippen LogP) is 5.02. The molecule has 28 heavy (non-hydrogen) atoms. The van der Waals surface area contributed by atoms with Gasteiger partial charge in [-0.1, -0.05) is 60.5 Å². The summed E-state index contributed by atoms with van der Waals surface area (Å²) in [4.78, 5) is 27.7. The third-order valence-corrected chi connectivity index (χ3v) is 5.38. The third-order valence-electron chi connectivity index (χ3n) is 4.84. The van der Waals surface area contributed by atoms with E-state index in [1.807, 2.05) is 30.3 Å². The normalized spacial score (nSPS) is 15.4. The van der Waals surface area contributed by atoms with Crippen molar-refractivity contribution in [3.05, 3.63) is 75.4 Å². The van der Waals surface area contributed by atoms with Gasteiger partial charge in [0.05, 0.1) is 10.6 Å². The molecule has 1 aliphatic heterocycles. The minimum Gasteiger partial charge on any atom is -0.337 e. The number of rotatable bonds is 4. The molecule has 146 valence electrons. The monoisotopic (exact) mass is 416 g/mol. The second kappa shape index (κ2) is 9.26. The number of likely N-dealkylation sites (tertiary alicyclic amines) is 1. The summed E-state index contributed by atoms with van der Waals surface area (Å²) in [5, 5.41) is 3.44. The van der Waals surface area contributed by atoms with E-state index in [2.05, 4.69) is 12.2 Å². The number of nitrogens with one attached hydrogen (secondary N) is 1. The summed E-state index contributed by atoms with van der Waals surface area (Å²) in [5.41, 5.74) is 1.33. The molecule has 0 radical (unpaired) electrons. The average molecular weight is 417 g/mol. The Kier molecular flexibility index (Phi) is 6.76. The summed E-state index contributed by atoms with van der Waals surface area (Å²) < 4.78 is 0. The Morgan fingerprint density at radius 3 is 2.39 bits per heavy atom. The number of piperidine rings is 1. The van der Waals surface area contributed by atoms with E-state index in [0.29, 0.717) is 24.0 Å². The summed E-state index contributed by atoms with van der Waals surface area (Å²) in [5.74, 6) is -0.0233. The van der Waals surface area contributed by atoms with Gasteiger partial charge < -0.3 is 10.2 Å². The van der Waals surface area contributed by atoms with Crippen LogP contribution in [-0.2, 0) is 4.79 Å². The van der Waals surface area contributed by atoms with Crippen LogP contribution in [0.25, 0.3) is 6.08 Å². The van der Waals surface area contributed by atoms with Crippen LogP contribution in [0.4, 0.5) is 0 Å². The van der Waals surface area contributed by atoms with Crippen LogP contribution in [0, 0.1) is 5.92 Å². The van der Waals surface area contributed by atoms with Gasteiger partial charge >= 0.3 is 0 Å². The summed E-state index contributed by atoms with van der Waals surface area (Å²) >= 11 is 12.1. The molecule has 0 aliphatic carbocycles. The Morgan fingerprint density at radius 1 is 1.07 bits per heavy atom. The molecular formula is C22H22Cl2N2O2. The minimum absolute atomic E-state index is 0.186. The molecule has 0 saturated carbocycles. The standard InChI is InChI=1S/C22H22Cl2N2O2/c1-15-9-11-26(12-10-15)22(28)20(13-16-5-3-2-4-6-16)25-21(27)18-8-7-17(23)14-19(18)24/h2-8,13-15H,9-12H2,1H3,(H,25,27)/b20-13+. The molecule has 0 spiro atoms. The van der Waals surface area contributed by atoms with Crippen LogP contribution in [-0.4, -0.2) is 29.8 Å². The maximum Gasteiger partial charge on any atom is 0.270 e. The number of carbonyl (C=O) groups is 2. The molecule has 1 N–H and O–H groups in total. The zero-order valence-electron chi connectivity index (χ0n) is 15.6. The Bertz CT molecular complexity index is 889. The third kappa shape index (κ3) is 5.15. The Balaban J connectivity index is 1.87. The van der Waals surface area contributed by atoms with E-state index in [0.717, 1.165) is 18.4 Å². The number of benzene rings is 2. The summed E-state index contributed by atoms with van der Waals surface area (Å²) in [6, 6.07) is 14.1. The highest BCUT2D eigenvalue weighted by molar-refractivity contribution is 6.36. The first-order valence-corrected chi connectivity index (χ1v) is 10.0. The van der Waals surface area contributed by atoms with Gasteiger partial charge in [0.25, 0.3) is 11.8 Å². The lowest BCUT2D eigenvalue weighted by atomic mass is 9.99. The number of hydrogen-bond acceptors (Lipinski definition) is 2. The van der Waals surface area contributed by atoms with Gasteiger partial charge in [0, 0.05) is 18.1 Å². The van der Waals surface area contributed by atoms with Crippen molar-refractivity contribution in [1.29, 1.82) is 0 Å². The molecule has 0 atom stereocenters. The Hall–Kier alpha value is -2.30. The van der Waals surface area contributed by atoms with Crippen molar-refractivity contribution in [2.45, 2.75) is 19.8 Å². The van der Waals surface area contributed by atoms with Gasteiger partial charge in [-0.2, -0.15) is 0 Å². The average Bonchev–Trinajstić information content (AvgIpc) is 2.68. The maximum atomic E-state index is 13.1. The summed E-state index contributed by atoms with van der Waals surface area (Å²) in [6.45, 7) is 3.56. The molecule has 3 rings (SSSR count). The van der Waals surface area contributed by atoms with Crippen molar-refractivity contribution in [2.75, 3.05) is 13.1 Å². The molecule has 1 heterocycles. The zero-order valence-corrected chi connectivity index (χ0v) is 17.1. The van der Waals surface area contributed by atoms with Crippen LogP contribution >= 0.6 is 23.2 Å². The molecule has 0 aromatic heterocycles. The van der Waals surface area contributed by atoms with Crippen LogP contribution < -0.4 is 5.32 Å². The fraction of sp³-hybridized carbons (Fsp3) is 0.273. The summed E-state index contributed by atoms with van der Waals surface area (Å²) in [6.07, 6.45) is 3.62. The number of halogens is 2. The molecule has 2 aromatic carbocycles. The smallest absolute Gasteiger partial charge is 0.270 e. The van der Waals surface area contributed by atoms with E-state index < -0.39 is 5.91 Å². The number of carbonyl (C=O) groups excluding carboxylic acids is 2. The highest BCUT2D eigenvalue weighted by Crippen LogP contribution is 2.22. The van der Waals surface area contributed by atoms with E-state index in [4.69, 9.17) is 23.2 Å². The first kappa shape index (κ1) is 20.4. The summed E-state index contributed by atoms with van der Waals surface area (Å²) in [7, 11) is 0. The van der Waals surface area contributed by atoms with Crippen molar-refractivity contribution >= 4 is 41.1 Å². The molecule has 0 unspecified atom stereocenters. The Morgan fingerprint density at radius 2 is 1.75 bits per heavy atom. The second-order valence-electron chi connectivity index (χ2n) is 7.02. The number of nitrogens with zero attached hydrogens (tertiary/aromatic N) is 1. The van der Waals surface area contributed by atoms with Crippen LogP contribution in [0.15, 0.2) is 54.2 Å². The van der Waals surface area contributed by atoms with Crippen LogP contribution in [0.3, 0.4) is 0 Å². The molecule has 0 bridgehead atoms. The number of hydrogen-bond donors (Lipinski definition) is 1. The van der Waals surface area contributed by atoms with Gasteiger partial charge in [-0.15, -0.1) is 0 Å². The first-order valence-electron chi connectivity index (χ1n) is 9.26. The van der Waals surface area contributed by atoms with Crippen LogP contribution in [0.5, 0.6) is 0 Å². The van der Waals surface area contributed by atoms with Crippen molar-refractivity contribution in [1.82, 2.24) is 10.2 Å². The SMILES string of the molecule is CC1CCN(C(=O)/C(=C\c2ccccc2)NC(=O)c2ccc(Cl)cc2Cl)CC1. The fourth-order valence-corrected chi connectivity index (χ4v) is 3.61. The van der Waals surface area contributed by atoms with Crippen molar-refractivity contribution in [3.8, 4) is 0 Å². The Labute approximate surface area is 175 Å². The largest absolute Gasteiger partial charge is 0.337 e. The zero-order chi connectivity index (χ0) is 20.1. The molecule has 1 aliphatic rings. The maximum absolute atomic E-state index is 13.1. The van der Waals surface area contributed by atoms with Crippen LogP contribution in [0.2, 0.25) is 10.0 Å². The minimum atomic E-state index is -0.442. The van der Waals surface area contributed by atoms with Gasteiger partial charge in [0.2, 0.25) is 0 Å². The van der Waals surface area contributed by atoms with Gasteiger partial charge in [-0.05, 0) is 48.6 Å². The molecule has 2 aromatic rings. The lowest BCUT2D eigenvalue weighted by Gasteiger charge is -2.31. The predicted molar refractivity (Wildman–Crippen MR) is 113 cm³/mol. The second-order valence-corrected chi connectivity index (χ2v) is 7.87. The van der Waals surface area contributed by atoms with E-state index in [9.17, 15) is 9.59 Å². The quantitative estimate of drug-likeness (QED) is 0.710. The topological polar surface area (TPSA) is 49.4 Å². The molecule has 1 saturated heterocycles. The van der Waals surface area contributed by atoms with Gasteiger partial charge in [-0.25, -0.2) is 0 Å². The van der Waals surface area contributed by atoms with E-state index >= 15 is 0 Å². The van der Waals surface area contributed by atoms with Crippen molar-refractivity contribution in [2.24, 2.45) is 5.92 Å². The van der Waals surface area contributed by atoms with Crippen molar-refractivity contribution < 1.29 is 9.59 Å². The highest BCUT2D eigenvalue weighted by Gasteiger charge is 2.25.